The SMILES string of the molecule is COc1cccc(Cc2nc(C(C)CO)cs2)c1. The number of nitrogens with zero attached hydrogens (tertiary/aromatic N) is 1. The van der Waals surface area contributed by atoms with E-state index >= 15 is 0 Å². The molecule has 0 bridgehead atoms. The predicted octanol–water partition coefficient (Wildman–Crippen LogP) is 2.84. The van der Waals surface area contributed by atoms with Crippen LogP contribution in [0.5, 0.6) is 5.75 Å². The molecule has 1 N–H and O–H groups in total. The number of hydrogen-bond donors (Lipinski definition) is 1. The Morgan fingerprint density at radius 3 is 3.00 bits per heavy atom. The molecule has 3 nitrogen and oxygen atoms in total. The summed E-state index contributed by atoms with van der Waals surface area (Å²) in [6.07, 6.45) is 0.806. The summed E-state index contributed by atoms with van der Waals surface area (Å²) in [6, 6.07) is 8.01. The molecule has 1 aromatic carbocycles. The predicted molar refractivity (Wildman–Crippen MR) is 73.4 cm³/mol. The van der Waals surface area contributed by atoms with Gasteiger partial charge in [-0.1, -0.05) is 19.1 Å². The molecule has 0 spiro atoms. The van der Waals surface area contributed by atoms with Gasteiger partial charge in [0, 0.05) is 17.7 Å². The zero-order valence-corrected chi connectivity index (χ0v) is 11.4. The maximum absolute atomic E-state index is 9.10. The van der Waals surface area contributed by atoms with Gasteiger partial charge in [-0.3, -0.25) is 0 Å². The Balaban J connectivity index is 2.11. The van der Waals surface area contributed by atoms with Crippen molar-refractivity contribution < 1.29 is 9.84 Å². The van der Waals surface area contributed by atoms with E-state index in [0.717, 1.165) is 22.9 Å². The third-order valence-corrected chi connectivity index (χ3v) is 3.70. The second-order valence-electron chi connectivity index (χ2n) is 4.28. The molecule has 4 heteroatoms. The quantitative estimate of drug-likeness (QED) is 0.902. The molecule has 96 valence electrons. The lowest BCUT2D eigenvalue weighted by Crippen LogP contribution is -1.99. The van der Waals surface area contributed by atoms with Gasteiger partial charge in [-0.15, -0.1) is 11.3 Å². The Morgan fingerprint density at radius 1 is 1.44 bits per heavy atom. The normalized spacial score (nSPS) is 12.4. The van der Waals surface area contributed by atoms with E-state index in [1.807, 2.05) is 30.5 Å². The summed E-state index contributed by atoms with van der Waals surface area (Å²) in [5.41, 5.74) is 2.16. The van der Waals surface area contributed by atoms with Crippen molar-refractivity contribution in [1.82, 2.24) is 4.98 Å². The summed E-state index contributed by atoms with van der Waals surface area (Å²) in [7, 11) is 1.67. The standard InChI is InChI=1S/C14H17NO2S/c1-10(8-16)13-9-18-14(15-13)7-11-4-3-5-12(6-11)17-2/h3-6,9-10,16H,7-8H2,1-2H3. The van der Waals surface area contributed by atoms with Gasteiger partial charge in [-0.25, -0.2) is 4.98 Å². The number of benzene rings is 1. The zero-order valence-electron chi connectivity index (χ0n) is 10.6. The van der Waals surface area contributed by atoms with Crippen LogP contribution < -0.4 is 4.74 Å². The number of methoxy groups -OCH3 is 1. The minimum atomic E-state index is 0.111. The second kappa shape index (κ2) is 5.98. The van der Waals surface area contributed by atoms with Crippen LogP contribution in [0.1, 0.15) is 29.1 Å². The minimum Gasteiger partial charge on any atom is -0.497 e. The Morgan fingerprint density at radius 2 is 2.28 bits per heavy atom. The highest BCUT2D eigenvalue weighted by molar-refractivity contribution is 7.09. The maximum atomic E-state index is 9.10. The van der Waals surface area contributed by atoms with Gasteiger partial charge in [-0.05, 0) is 17.7 Å². The van der Waals surface area contributed by atoms with Crippen molar-refractivity contribution in [1.29, 1.82) is 0 Å². The first kappa shape index (κ1) is 13.1. The first-order valence-electron chi connectivity index (χ1n) is 5.91. The molecule has 0 saturated carbocycles. The molecule has 18 heavy (non-hydrogen) atoms. The Hall–Kier alpha value is -1.39. The molecule has 1 heterocycles. The number of rotatable bonds is 5. The fourth-order valence-electron chi connectivity index (χ4n) is 1.68. The topological polar surface area (TPSA) is 42.4 Å². The molecule has 2 aromatic rings. The number of thiazole rings is 1. The van der Waals surface area contributed by atoms with Crippen LogP contribution in [0.15, 0.2) is 29.6 Å². The summed E-state index contributed by atoms with van der Waals surface area (Å²) < 4.78 is 5.20. The molecule has 0 amide bonds. The van der Waals surface area contributed by atoms with Crippen molar-refractivity contribution in [2.45, 2.75) is 19.3 Å². The smallest absolute Gasteiger partial charge is 0.119 e. The Bertz CT molecular complexity index is 510. The molecule has 1 unspecified atom stereocenters. The van der Waals surface area contributed by atoms with Crippen LogP contribution in [0.2, 0.25) is 0 Å². The fraction of sp³-hybridized carbons (Fsp3) is 0.357. The molecule has 0 saturated heterocycles. The molecule has 0 aliphatic rings. The van der Waals surface area contributed by atoms with E-state index in [1.165, 1.54) is 5.56 Å². The molecular weight excluding hydrogens is 246 g/mol. The van der Waals surface area contributed by atoms with Gasteiger partial charge in [-0.2, -0.15) is 0 Å². The van der Waals surface area contributed by atoms with E-state index in [-0.39, 0.29) is 12.5 Å². The molecule has 1 atom stereocenters. The summed E-state index contributed by atoms with van der Waals surface area (Å²) in [5.74, 6) is 0.980. The lowest BCUT2D eigenvalue weighted by molar-refractivity contribution is 0.271. The molecule has 0 fully saturated rings. The monoisotopic (exact) mass is 263 g/mol. The number of aliphatic hydroxyl groups is 1. The van der Waals surface area contributed by atoms with Gasteiger partial charge in [0.1, 0.15) is 5.75 Å². The number of aromatic nitrogens is 1. The first-order valence-corrected chi connectivity index (χ1v) is 6.79. The van der Waals surface area contributed by atoms with Crippen molar-refractivity contribution in [3.63, 3.8) is 0 Å². The largest absolute Gasteiger partial charge is 0.497 e. The van der Waals surface area contributed by atoms with Crippen molar-refractivity contribution in [3.05, 3.63) is 45.9 Å². The molecule has 2 rings (SSSR count). The number of hydrogen-bond acceptors (Lipinski definition) is 4. The van der Waals surface area contributed by atoms with Crippen molar-refractivity contribution in [2.75, 3.05) is 13.7 Å². The van der Waals surface area contributed by atoms with E-state index in [1.54, 1.807) is 18.4 Å². The summed E-state index contributed by atoms with van der Waals surface area (Å²) in [4.78, 5) is 4.55. The van der Waals surface area contributed by atoms with E-state index in [4.69, 9.17) is 9.84 Å². The van der Waals surface area contributed by atoms with Crippen LogP contribution in [-0.4, -0.2) is 23.8 Å². The van der Waals surface area contributed by atoms with Crippen LogP contribution in [0.3, 0.4) is 0 Å². The first-order chi connectivity index (χ1) is 8.72. The summed E-state index contributed by atoms with van der Waals surface area (Å²) in [5, 5.41) is 12.2. The number of aliphatic hydroxyl groups excluding tert-OH is 1. The van der Waals surface area contributed by atoms with Crippen molar-refractivity contribution in [2.24, 2.45) is 0 Å². The van der Waals surface area contributed by atoms with Crippen LogP contribution in [0.4, 0.5) is 0 Å². The van der Waals surface area contributed by atoms with Crippen molar-refractivity contribution in [3.8, 4) is 5.75 Å². The number of ether oxygens (including phenoxy) is 1. The highest BCUT2D eigenvalue weighted by Gasteiger charge is 2.09. The van der Waals surface area contributed by atoms with Gasteiger partial charge in [0.25, 0.3) is 0 Å². The van der Waals surface area contributed by atoms with Gasteiger partial charge in [0.05, 0.1) is 24.4 Å². The van der Waals surface area contributed by atoms with Gasteiger partial charge in [0.2, 0.25) is 0 Å². The second-order valence-corrected chi connectivity index (χ2v) is 5.22. The zero-order chi connectivity index (χ0) is 13.0. The fourth-order valence-corrected chi connectivity index (χ4v) is 2.63. The highest BCUT2D eigenvalue weighted by Crippen LogP contribution is 2.21. The Labute approximate surface area is 111 Å². The lowest BCUT2D eigenvalue weighted by Gasteiger charge is -2.03. The van der Waals surface area contributed by atoms with E-state index in [2.05, 4.69) is 11.1 Å². The van der Waals surface area contributed by atoms with Crippen LogP contribution in [0, 0.1) is 0 Å². The molecule has 1 aromatic heterocycles. The third kappa shape index (κ3) is 3.09. The molecule has 0 radical (unpaired) electrons. The average Bonchev–Trinajstić information content (AvgIpc) is 2.86. The lowest BCUT2D eigenvalue weighted by atomic mass is 10.1. The van der Waals surface area contributed by atoms with E-state index < -0.39 is 0 Å². The molecule has 0 aliphatic carbocycles. The van der Waals surface area contributed by atoms with E-state index in [9.17, 15) is 0 Å². The Kier molecular flexibility index (Phi) is 4.33. The molecular formula is C14H17NO2S. The molecule has 0 aliphatic heterocycles. The minimum absolute atomic E-state index is 0.111. The summed E-state index contributed by atoms with van der Waals surface area (Å²) in [6.45, 7) is 2.12. The van der Waals surface area contributed by atoms with E-state index in [0.29, 0.717) is 0 Å². The third-order valence-electron chi connectivity index (χ3n) is 2.84. The van der Waals surface area contributed by atoms with Crippen LogP contribution in [0.25, 0.3) is 0 Å². The highest BCUT2D eigenvalue weighted by atomic mass is 32.1. The van der Waals surface area contributed by atoms with Crippen molar-refractivity contribution >= 4 is 11.3 Å². The van der Waals surface area contributed by atoms with Crippen LogP contribution >= 0.6 is 11.3 Å². The summed E-state index contributed by atoms with van der Waals surface area (Å²) >= 11 is 1.64. The maximum Gasteiger partial charge on any atom is 0.119 e. The van der Waals surface area contributed by atoms with Gasteiger partial charge >= 0.3 is 0 Å². The van der Waals surface area contributed by atoms with Gasteiger partial charge < -0.3 is 9.84 Å². The van der Waals surface area contributed by atoms with Gasteiger partial charge in [0.15, 0.2) is 0 Å². The van der Waals surface area contributed by atoms with Crippen LogP contribution in [-0.2, 0) is 6.42 Å². The average molecular weight is 263 g/mol.